The molecule has 4 aliphatic rings. The highest BCUT2D eigenvalue weighted by atomic mass is 19.2. The molecule has 1 aromatic rings. The number of hydrogen-bond donors (Lipinski definition) is 0. The molecular formula is C37H56F2O2. The Morgan fingerprint density at radius 3 is 1.88 bits per heavy atom. The fourth-order valence-corrected chi connectivity index (χ4v) is 9.09. The lowest BCUT2D eigenvalue weighted by atomic mass is 9.64. The van der Waals surface area contributed by atoms with Gasteiger partial charge in [-0.25, -0.2) is 4.39 Å². The monoisotopic (exact) mass is 570 g/mol. The normalized spacial score (nSPS) is 35.0. The van der Waals surface area contributed by atoms with Gasteiger partial charge < -0.3 is 9.47 Å². The number of allylic oxidation sites excluding steroid dienone is 2. The van der Waals surface area contributed by atoms with Crippen molar-refractivity contribution in [1.82, 2.24) is 0 Å². The van der Waals surface area contributed by atoms with E-state index >= 15 is 0 Å². The molecule has 3 saturated carbocycles. The Morgan fingerprint density at radius 1 is 0.756 bits per heavy atom. The van der Waals surface area contributed by atoms with Gasteiger partial charge in [-0.1, -0.05) is 25.1 Å². The lowest BCUT2D eigenvalue weighted by Crippen LogP contribution is -2.35. The number of halogens is 2. The van der Waals surface area contributed by atoms with Gasteiger partial charge in [-0.2, -0.15) is 4.39 Å². The van der Waals surface area contributed by atoms with Crippen molar-refractivity contribution < 1.29 is 18.3 Å². The van der Waals surface area contributed by atoms with E-state index in [1.807, 2.05) is 6.92 Å². The topological polar surface area (TPSA) is 18.5 Å². The van der Waals surface area contributed by atoms with Crippen LogP contribution in [0.2, 0.25) is 0 Å². The van der Waals surface area contributed by atoms with Crippen LogP contribution >= 0.6 is 0 Å². The van der Waals surface area contributed by atoms with E-state index in [9.17, 15) is 8.78 Å². The SMILES string of the molecule is C/C=C/CCC1CCC(C2CCC(C3CCC(C4CCC(c5ccc(OCCC)c(F)c5F)CC4)CC3)CC2)OC1. The lowest BCUT2D eigenvalue weighted by molar-refractivity contribution is -0.0617. The molecule has 1 saturated heterocycles. The van der Waals surface area contributed by atoms with Gasteiger partial charge >= 0.3 is 0 Å². The van der Waals surface area contributed by atoms with Crippen LogP contribution in [0.1, 0.15) is 134 Å². The van der Waals surface area contributed by atoms with Crippen LogP contribution in [0.3, 0.4) is 0 Å². The quantitative estimate of drug-likeness (QED) is 0.261. The molecule has 1 aliphatic heterocycles. The summed E-state index contributed by atoms with van der Waals surface area (Å²) in [7, 11) is 0. The summed E-state index contributed by atoms with van der Waals surface area (Å²) in [6.45, 7) is 5.48. The molecule has 5 rings (SSSR count). The molecule has 0 radical (unpaired) electrons. The van der Waals surface area contributed by atoms with Crippen molar-refractivity contribution in [3.8, 4) is 5.75 Å². The molecule has 2 nitrogen and oxygen atoms in total. The molecule has 1 aromatic carbocycles. The highest BCUT2D eigenvalue weighted by molar-refractivity contribution is 5.33. The number of rotatable bonds is 10. The van der Waals surface area contributed by atoms with E-state index in [-0.39, 0.29) is 11.7 Å². The minimum Gasteiger partial charge on any atom is -0.490 e. The minimum atomic E-state index is -0.805. The van der Waals surface area contributed by atoms with Gasteiger partial charge in [0.25, 0.3) is 0 Å². The average molecular weight is 571 g/mol. The van der Waals surface area contributed by atoms with E-state index in [1.165, 1.54) is 77.0 Å². The first kappa shape index (κ1) is 31.0. The maximum Gasteiger partial charge on any atom is 0.200 e. The summed E-state index contributed by atoms with van der Waals surface area (Å²) in [6.07, 6.45) is 26.4. The Labute approximate surface area is 249 Å². The van der Waals surface area contributed by atoms with Crippen LogP contribution in [0.5, 0.6) is 5.75 Å². The van der Waals surface area contributed by atoms with Crippen LogP contribution in [0.25, 0.3) is 0 Å². The molecule has 4 fully saturated rings. The third-order valence-electron chi connectivity index (χ3n) is 11.6. The fourth-order valence-electron chi connectivity index (χ4n) is 9.09. The fraction of sp³-hybridized carbons (Fsp3) is 0.784. The van der Waals surface area contributed by atoms with Gasteiger partial charge in [-0.05, 0) is 169 Å². The maximum atomic E-state index is 14.9. The first-order chi connectivity index (χ1) is 20.1. The third-order valence-corrected chi connectivity index (χ3v) is 11.6. The molecule has 3 aliphatic carbocycles. The highest BCUT2D eigenvalue weighted by Gasteiger charge is 2.37. The zero-order valence-electron chi connectivity index (χ0n) is 25.9. The second kappa shape index (κ2) is 15.3. The second-order valence-electron chi connectivity index (χ2n) is 14.1. The van der Waals surface area contributed by atoms with Crippen LogP contribution in [0.4, 0.5) is 8.78 Å². The number of hydrogen-bond acceptors (Lipinski definition) is 2. The second-order valence-corrected chi connectivity index (χ2v) is 14.1. The summed E-state index contributed by atoms with van der Waals surface area (Å²) in [5.74, 6) is 3.75. The Hall–Kier alpha value is -1.42. The van der Waals surface area contributed by atoms with Gasteiger partial charge in [0.15, 0.2) is 11.6 Å². The van der Waals surface area contributed by atoms with Crippen molar-refractivity contribution in [3.05, 3.63) is 41.5 Å². The van der Waals surface area contributed by atoms with Crippen molar-refractivity contribution in [2.24, 2.45) is 35.5 Å². The van der Waals surface area contributed by atoms with Gasteiger partial charge in [-0.15, -0.1) is 0 Å². The van der Waals surface area contributed by atoms with Crippen LogP contribution < -0.4 is 4.74 Å². The molecule has 2 atom stereocenters. The van der Waals surface area contributed by atoms with E-state index in [2.05, 4.69) is 19.1 Å². The minimum absolute atomic E-state index is 0.0544. The zero-order valence-corrected chi connectivity index (χ0v) is 25.9. The van der Waals surface area contributed by atoms with Crippen molar-refractivity contribution in [2.75, 3.05) is 13.2 Å². The molecule has 1 heterocycles. The van der Waals surface area contributed by atoms with Gasteiger partial charge in [0, 0.05) is 6.61 Å². The lowest BCUT2D eigenvalue weighted by Gasteiger charge is -2.43. The molecule has 0 bridgehead atoms. The summed E-state index contributed by atoms with van der Waals surface area (Å²) in [5.41, 5.74) is 0.562. The molecule has 41 heavy (non-hydrogen) atoms. The maximum absolute atomic E-state index is 14.9. The molecule has 0 N–H and O–H groups in total. The van der Waals surface area contributed by atoms with Gasteiger partial charge in [0.1, 0.15) is 0 Å². The smallest absolute Gasteiger partial charge is 0.200 e. The molecule has 0 aromatic heterocycles. The van der Waals surface area contributed by atoms with Crippen molar-refractivity contribution >= 4 is 0 Å². The molecule has 2 unspecified atom stereocenters. The molecule has 0 spiro atoms. The van der Waals surface area contributed by atoms with Crippen LogP contribution in [0, 0.1) is 47.1 Å². The summed E-state index contributed by atoms with van der Waals surface area (Å²) in [5, 5.41) is 0. The van der Waals surface area contributed by atoms with E-state index in [0.29, 0.717) is 18.3 Å². The Balaban J connectivity index is 1.00. The van der Waals surface area contributed by atoms with Gasteiger partial charge in [0.2, 0.25) is 5.82 Å². The van der Waals surface area contributed by atoms with Gasteiger partial charge in [-0.3, -0.25) is 0 Å². The van der Waals surface area contributed by atoms with Crippen molar-refractivity contribution in [2.45, 2.75) is 135 Å². The first-order valence-electron chi connectivity index (χ1n) is 17.4. The summed E-state index contributed by atoms with van der Waals surface area (Å²) >= 11 is 0. The van der Waals surface area contributed by atoms with Gasteiger partial charge in [0.05, 0.1) is 12.7 Å². The molecule has 230 valence electrons. The van der Waals surface area contributed by atoms with E-state index in [1.54, 1.807) is 12.1 Å². The average Bonchev–Trinajstić information content (AvgIpc) is 3.03. The number of benzene rings is 1. The Bertz CT molecular complexity index is 944. The Kier molecular flexibility index (Phi) is 11.6. The van der Waals surface area contributed by atoms with Crippen molar-refractivity contribution in [3.63, 3.8) is 0 Å². The predicted molar refractivity (Wildman–Crippen MR) is 164 cm³/mol. The summed E-state index contributed by atoms with van der Waals surface area (Å²) in [6, 6.07) is 3.41. The Morgan fingerprint density at radius 2 is 1.34 bits per heavy atom. The van der Waals surface area contributed by atoms with Crippen LogP contribution in [0.15, 0.2) is 24.3 Å². The molecular weight excluding hydrogens is 514 g/mol. The van der Waals surface area contributed by atoms with E-state index in [0.717, 1.165) is 74.2 Å². The predicted octanol–water partition coefficient (Wildman–Crippen LogP) is 10.8. The molecule has 0 amide bonds. The number of ether oxygens (including phenoxy) is 2. The summed E-state index contributed by atoms with van der Waals surface area (Å²) in [4.78, 5) is 0. The van der Waals surface area contributed by atoms with E-state index < -0.39 is 11.6 Å². The zero-order chi connectivity index (χ0) is 28.6. The van der Waals surface area contributed by atoms with Crippen LogP contribution in [-0.4, -0.2) is 19.3 Å². The first-order valence-corrected chi connectivity index (χ1v) is 17.4. The molecule has 4 heteroatoms. The highest BCUT2D eigenvalue weighted by Crippen LogP contribution is 2.48. The summed E-state index contributed by atoms with van der Waals surface area (Å²) < 4.78 is 41.3. The third kappa shape index (κ3) is 7.95. The van der Waals surface area contributed by atoms with E-state index in [4.69, 9.17) is 9.47 Å². The largest absolute Gasteiger partial charge is 0.490 e. The standard InChI is InChI=1S/C37H56F2O2/c1-3-5-6-7-26-8-22-34(41-25-26)32-19-15-30(16-20-32)28-11-9-27(10-12-28)29-13-17-31(18-14-29)33-21-23-35(40-24-4-2)37(39)36(33)38/h3,5,21,23,26-32,34H,4,6-20,22,24-25H2,1-2H3/b5-3+. The van der Waals surface area contributed by atoms with Crippen LogP contribution in [-0.2, 0) is 4.74 Å². The van der Waals surface area contributed by atoms with Crippen molar-refractivity contribution in [1.29, 1.82) is 0 Å².